The van der Waals surface area contributed by atoms with E-state index in [2.05, 4.69) is 24.5 Å². The lowest BCUT2D eigenvalue weighted by atomic mass is 10.2. The Kier molecular flexibility index (Phi) is 6.16. The molecule has 0 radical (unpaired) electrons. The zero-order chi connectivity index (χ0) is 12.7. The molecule has 0 spiro atoms. The molecule has 1 unspecified atom stereocenters. The zero-order valence-corrected chi connectivity index (χ0v) is 11.2. The van der Waals surface area contributed by atoms with Gasteiger partial charge in [-0.15, -0.1) is 11.6 Å². The molecule has 0 saturated heterocycles. The van der Waals surface area contributed by atoms with Crippen LogP contribution in [0.2, 0.25) is 0 Å². The van der Waals surface area contributed by atoms with E-state index in [1.54, 1.807) is 0 Å². The van der Waals surface area contributed by atoms with Crippen LogP contribution in [0.15, 0.2) is 24.3 Å². The molecule has 0 amide bonds. The number of rotatable bonds is 7. The summed E-state index contributed by atoms with van der Waals surface area (Å²) in [7, 11) is 0. The normalized spacial score (nSPS) is 12.5. The average molecular weight is 257 g/mol. The van der Waals surface area contributed by atoms with E-state index in [-0.39, 0.29) is 5.88 Å². The van der Waals surface area contributed by atoms with Gasteiger partial charge in [0, 0.05) is 13.1 Å². The van der Waals surface area contributed by atoms with Gasteiger partial charge in [-0.1, -0.05) is 26.0 Å². The third kappa shape index (κ3) is 5.29. The highest BCUT2D eigenvalue weighted by Crippen LogP contribution is 2.21. The van der Waals surface area contributed by atoms with Crippen molar-refractivity contribution in [3.05, 3.63) is 24.3 Å². The quantitative estimate of drug-likeness (QED) is 0.658. The van der Waals surface area contributed by atoms with Crippen molar-refractivity contribution in [1.82, 2.24) is 0 Å². The van der Waals surface area contributed by atoms with Gasteiger partial charge in [-0.3, -0.25) is 0 Å². The summed E-state index contributed by atoms with van der Waals surface area (Å²) in [6.45, 7) is 5.72. The molecule has 1 atom stereocenters. The third-order valence-corrected chi connectivity index (χ3v) is 2.69. The maximum absolute atomic E-state index is 9.41. The largest absolute Gasteiger partial charge is 0.390 e. The maximum atomic E-state index is 9.41. The lowest BCUT2D eigenvalue weighted by Crippen LogP contribution is -2.21. The Bertz CT molecular complexity index is 331. The molecule has 0 aromatic heterocycles. The van der Waals surface area contributed by atoms with Gasteiger partial charge in [0.25, 0.3) is 0 Å². The minimum atomic E-state index is -0.519. The fourth-order valence-corrected chi connectivity index (χ4v) is 1.50. The van der Waals surface area contributed by atoms with Gasteiger partial charge >= 0.3 is 0 Å². The van der Waals surface area contributed by atoms with Crippen molar-refractivity contribution in [1.29, 1.82) is 0 Å². The van der Waals surface area contributed by atoms with Crippen molar-refractivity contribution >= 4 is 23.0 Å². The topological polar surface area (TPSA) is 44.3 Å². The van der Waals surface area contributed by atoms with Crippen LogP contribution in [-0.4, -0.2) is 30.2 Å². The summed E-state index contributed by atoms with van der Waals surface area (Å²) in [6.07, 6.45) is -0.519. The van der Waals surface area contributed by atoms with Crippen molar-refractivity contribution in [2.45, 2.75) is 20.0 Å². The van der Waals surface area contributed by atoms with Crippen molar-refractivity contribution in [2.75, 3.05) is 29.6 Å². The molecule has 4 heteroatoms. The van der Waals surface area contributed by atoms with Crippen molar-refractivity contribution in [3.63, 3.8) is 0 Å². The Hall–Kier alpha value is -0.930. The number of halogens is 1. The number of aliphatic hydroxyl groups is 1. The van der Waals surface area contributed by atoms with Crippen LogP contribution in [0.3, 0.4) is 0 Å². The number of alkyl halides is 1. The molecule has 0 fully saturated rings. The van der Waals surface area contributed by atoms with Gasteiger partial charge in [-0.2, -0.15) is 0 Å². The first kappa shape index (κ1) is 14.1. The van der Waals surface area contributed by atoms with Gasteiger partial charge in [0.15, 0.2) is 0 Å². The lowest BCUT2D eigenvalue weighted by molar-refractivity contribution is 0.211. The van der Waals surface area contributed by atoms with Crippen LogP contribution in [0, 0.1) is 5.92 Å². The van der Waals surface area contributed by atoms with E-state index in [4.69, 9.17) is 11.6 Å². The maximum Gasteiger partial charge on any atom is 0.0847 e. The average Bonchev–Trinajstić information content (AvgIpc) is 2.34. The molecule has 0 aliphatic heterocycles. The van der Waals surface area contributed by atoms with E-state index in [1.165, 1.54) is 0 Å². The Labute approximate surface area is 108 Å². The van der Waals surface area contributed by atoms with Crippen LogP contribution in [0.25, 0.3) is 0 Å². The van der Waals surface area contributed by atoms with Gasteiger partial charge in [-0.05, 0) is 18.1 Å². The Balaban J connectivity index is 2.57. The molecule has 0 bridgehead atoms. The fraction of sp³-hybridized carbons (Fsp3) is 0.538. The molecule has 1 rings (SSSR count). The molecule has 0 saturated carbocycles. The lowest BCUT2D eigenvalue weighted by Gasteiger charge is -2.16. The highest BCUT2D eigenvalue weighted by molar-refractivity contribution is 6.18. The van der Waals surface area contributed by atoms with E-state index >= 15 is 0 Å². The fourth-order valence-electron chi connectivity index (χ4n) is 1.39. The Morgan fingerprint density at radius 2 is 1.65 bits per heavy atom. The van der Waals surface area contributed by atoms with Crippen LogP contribution in [0.1, 0.15) is 13.8 Å². The van der Waals surface area contributed by atoms with Gasteiger partial charge in [0.05, 0.1) is 23.4 Å². The number of para-hydroxylation sites is 2. The van der Waals surface area contributed by atoms with Crippen LogP contribution >= 0.6 is 11.6 Å². The summed E-state index contributed by atoms with van der Waals surface area (Å²) in [5.74, 6) is 0.839. The molecule has 3 N–H and O–H groups in total. The predicted octanol–water partition coefficient (Wildman–Crippen LogP) is 2.77. The summed E-state index contributed by atoms with van der Waals surface area (Å²) in [5.41, 5.74) is 2.06. The monoisotopic (exact) mass is 256 g/mol. The zero-order valence-electron chi connectivity index (χ0n) is 10.4. The Morgan fingerprint density at radius 3 is 2.12 bits per heavy atom. The van der Waals surface area contributed by atoms with Gasteiger partial charge in [0.1, 0.15) is 0 Å². The summed E-state index contributed by atoms with van der Waals surface area (Å²) in [5, 5.41) is 16.0. The van der Waals surface area contributed by atoms with Gasteiger partial charge < -0.3 is 15.7 Å². The Morgan fingerprint density at radius 1 is 1.12 bits per heavy atom. The number of hydrogen-bond donors (Lipinski definition) is 3. The SMILES string of the molecule is CC(C)CNc1ccccc1NCC(O)CCl. The highest BCUT2D eigenvalue weighted by atomic mass is 35.5. The molecule has 96 valence electrons. The first-order valence-corrected chi connectivity index (χ1v) is 6.47. The van der Waals surface area contributed by atoms with E-state index < -0.39 is 6.10 Å². The molecule has 1 aromatic carbocycles. The van der Waals surface area contributed by atoms with Gasteiger partial charge in [0.2, 0.25) is 0 Å². The van der Waals surface area contributed by atoms with Crippen molar-refractivity contribution in [3.8, 4) is 0 Å². The second-order valence-corrected chi connectivity index (χ2v) is 4.82. The number of nitrogens with one attached hydrogen (secondary N) is 2. The van der Waals surface area contributed by atoms with Gasteiger partial charge in [-0.25, -0.2) is 0 Å². The first-order valence-electron chi connectivity index (χ1n) is 5.94. The molecule has 3 nitrogen and oxygen atoms in total. The minimum absolute atomic E-state index is 0.245. The third-order valence-electron chi connectivity index (χ3n) is 2.33. The number of benzene rings is 1. The number of aliphatic hydroxyl groups excluding tert-OH is 1. The van der Waals surface area contributed by atoms with E-state index in [0.717, 1.165) is 17.9 Å². The van der Waals surface area contributed by atoms with E-state index in [0.29, 0.717) is 12.5 Å². The van der Waals surface area contributed by atoms with Crippen LogP contribution in [-0.2, 0) is 0 Å². The van der Waals surface area contributed by atoms with Crippen molar-refractivity contribution in [2.24, 2.45) is 5.92 Å². The van der Waals surface area contributed by atoms with E-state index in [1.807, 2.05) is 24.3 Å². The highest BCUT2D eigenvalue weighted by Gasteiger charge is 2.05. The van der Waals surface area contributed by atoms with Crippen molar-refractivity contribution < 1.29 is 5.11 Å². The summed E-state index contributed by atoms with van der Waals surface area (Å²) in [6, 6.07) is 7.98. The number of anilines is 2. The standard InChI is InChI=1S/C13H21ClN2O/c1-10(2)8-15-12-5-3-4-6-13(12)16-9-11(17)7-14/h3-6,10-11,15-17H,7-9H2,1-2H3. The summed E-state index contributed by atoms with van der Waals surface area (Å²) >= 11 is 5.56. The molecule has 0 heterocycles. The summed E-state index contributed by atoms with van der Waals surface area (Å²) < 4.78 is 0. The second-order valence-electron chi connectivity index (χ2n) is 4.51. The van der Waals surface area contributed by atoms with E-state index in [9.17, 15) is 5.11 Å². The molecular formula is C13H21ClN2O. The smallest absolute Gasteiger partial charge is 0.0847 e. The van der Waals surface area contributed by atoms with Crippen LogP contribution in [0.5, 0.6) is 0 Å². The summed E-state index contributed by atoms with van der Waals surface area (Å²) in [4.78, 5) is 0. The number of hydrogen-bond acceptors (Lipinski definition) is 3. The predicted molar refractivity (Wildman–Crippen MR) is 75.0 cm³/mol. The second kappa shape index (κ2) is 7.41. The first-order chi connectivity index (χ1) is 8.13. The molecule has 1 aromatic rings. The van der Waals surface area contributed by atoms with Crippen LogP contribution in [0.4, 0.5) is 11.4 Å². The molecule has 17 heavy (non-hydrogen) atoms. The van der Waals surface area contributed by atoms with Crippen LogP contribution < -0.4 is 10.6 Å². The minimum Gasteiger partial charge on any atom is -0.390 e. The molecule has 0 aliphatic carbocycles. The molecule has 0 aliphatic rings. The molecular weight excluding hydrogens is 236 g/mol.